The van der Waals surface area contributed by atoms with Gasteiger partial charge in [-0.15, -0.1) is 0 Å². The minimum absolute atomic E-state index is 0.00973. The molecule has 0 saturated carbocycles. The molecule has 2 aromatic rings. The third kappa shape index (κ3) is 1.91. The molecule has 1 unspecified atom stereocenters. The van der Waals surface area contributed by atoms with Crippen molar-refractivity contribution in [2.24, 2.45) is 12.8 Å². The first-order valence-electron chi connectivity index (χ1n) is 5.25. The van der Waals surface area contributed by atoms with E-state index in [-0.39, 0.29) is 6.10 Å². The van der Waals surface area contributed by atoms with Crippen LogP contribution >= 0.6 is 0 Å². The maximum atomic E-state index is 5.60. The minimum Gasteiger partial charge on any atom is -0.380 e. The molecule has 0 spiro atoms. The molecule has 0 aromatic carbocycles. The molecule has 0 saturated heterocycles. The van der Waals surface area contributed by atoms with Gasteiger partial charge in [-0.05, 0) is 12.1 Å². The van der Waals surface area contributed by atoms with Crippen molar-refractivity contribution in [2.45, 2.75) is 12.5 Å². The fraction of sp³-hybridized carbons (Fsp3) is 0.455. The summed E-state index contributed by atoms with van der Waals surface area (Å²) in [5.74, 6) is 0.950. The van der Waals surface area contributed by atoms with Crippen molar-refractivity contribution in [3.63, 3.8) is 0 Å². The number of hydrogen-bond donors (Lipinski definition) is 1. The number of imidazole rings is 1. The van der Waals surface area contributed by atoms with E-state index in [2.05, 4.69) is 9.97 Å². The number of aromatic nitrogens is 3. The van der Waals surface area contributed by atoms with E-state index in [9.17, 15) is 0 Å². The van der Waals surface area contributed by atoms with E-state index in [0.717, 1.165) is 17.0 Å². The summed E-state index contributed by atoms with van der Waals surface area (Å²) in [7, 11) is 3.65. The van der Waals surface area contributed by atoms with Crippen molar-refractivity contribution in [1.29, 1.82) is 0 Å². The molecule has 0 radical (unpaired) electrons. The number of ether oxygens (including phenoxy) is 1. The van der Waals surface area contributed by atoms with Crippen LogP contribution < -0.4 is 5.73 Å². The molecule has 2 rings (SSSR count). The lowest BCUT2D eigenvalue weighted by molar-refractivity contribution is 0.108. The number of aryl methyl sites for hydroxylation is 1. The molecular formula is C11H16N4O. The second kappa shape index (κ2) is 4.59. The number of methoxy groups -OCH3 is 1. The molecule has 5 heteroatoms. The van der Waals surface area contributed by atoms with Gasteiger partial charge in [0.25, 0.3) is 0 Å². The number of pyridine rings is 1. The molecule has 0 aliphatic carbocycles. The van der Waals surface area contributed by atoms with Crippen LogP contribution in [0.3, 0.4) is 0 Å². The molecule has 5 nitrogen and oxygen atoms in total. The van der Waals surface area contributed by atoms with Gasteiger partial charge in [-0.3, -0.25) is 0 Å². The van der Waals surface area contributed by atoms with Crippen LogP contribution in [0, 0.1) is 0 Å². The Morgan fingerprint density at radius 3 is 3.00 bits per heavy atom. The SMILES string of the molecule is COC(CN)Cc1nc2ncccc2n1C. The summed E-state index contributed by atoms with van der Waals surface area (Å²) >= 11 is 0. The Balaban J connectivity index is 2.34. The van der Waals surface area contributed by atoms with E-state index in [1.165, 1.54) is 0 Å². The van der Waals surface area contributed by atoms with Crippen LogP contribution in [0.4, 0.5) is 0 Å². The van der Waals surface area contributed by atoms with Crippen molar-refractivity contribution in [3.05, 3.63) is 24.2 Å². The molecule has 0 aliphatic heterocycles. The number of fused-ring (bicyclic) bond motifs is 1. The highest BCUT2D eigenvalue weighted by Crippen LogP contribution is 2.13. The van der Waals surface area contributed by atoms with Crippen LogP contribution in [0.25, 0.3) is 11.2 Å². The zero-order chi connectivity index (χ0) is 11.5. The summed E-state index contributed by atoms with van der Waals surface area (Å²) < 4.78 is 7.29. The number of hydrogen-bond acceptors (Lipinski definition) is 4. The van der Waals surface area contributed by atoms with Crippen LogP contribution in [-0.4, -0.2) is 34.3 Å². The van der Waals surface area contributed by atoms with Gasteiger partial charge in [-0.1, -0.05) is 0 Å². The van der Waals surface area contributed by atoms with E-state index >= 15 is 0 Å². The summed E-state index contributed by atoms with van der Waals surface area (Å²) in [6.07, 6.45) is 2.46. The molecule has 0 fully saturated rings. The van der Waals surface area contributed by atoms with E-state index in [1.54, 1.807) is 13.3 Å². The smallest absolute Gasteiger partial charge is 0.177 e. The van der Waals surface area contributed by atoms with Gasteiger partial charge in [0.15, 0.2) is 5.65 Å². The zero-order valence-corrected chi connectivity index (χ0v) is 9.55. The Hall–Kier alpha value is -1.46. The first-order chi connectivity index (χ1) is 7.76. The van der Waals surface area contributed by atoms with Crippen molar-refractivity contribution >= 4 is 11.2 Å². The summed E-state index contributed by atoms with van der Waals surface area (Å²) in [4.78, 5) is 8.68. The van der Waals surface area contributed by atoms with Gasteiger partial charge >= 0.3 is 0 Å². The number of rotatable bonds is 4. The van der Waals surface area contributed by atoms with Crippen molar-refractivity contribution in [1.82, 2.24) is 14.5 Å². The molecule has 0 aliphatic rings. The van der Waals surface area contributed by atoms with E-state index < -0.39 is 0 Å². The Kier molecular flexibility index (Phi) is 3.17. The predicted octanol–water partition coefficient (Wildman–Crippen LogP) is 0.484. The first kappa shape index (κ1) is 11.0. The Morgan fingerprint density at radius 1 is 1.56 bits per heavy atom. The summed E-state index contributed by atoms with van der Waals surface area (Å²) in [5, 5.41) is 0. The van der Waals surface area contributed by atoms with Gasteiger partial charge in [0.1, 0.15) is 5.82 Å². The van der Waals surface area contributed by atoms with Crippen molar-refractivity contribution < 1.29 is 4.74 Å². The zero-order valence-electron chi connectivity index (χ0n) is 9.55. The second-order valence-electron chi connectivity index (χ2n) is 3.73. The van der Waals surface area contributed by atoms with Gasteiger partial charge in [-0.2, -0.15) is 0 Å². The molecule has 2 heterocycles. The fourth-order valence-corrected chi connectivity index (χ4v) is 1.72. The third-order valence-electron chi connectivity index (χ3n) is 2.76. The highest BCUT2D eigenvalue weighted by Gasteiger charge is 2.13. The van der Waals surface area contributed by atoms with Gasteiger partial charge in [0.2, 0.25) is 0 Å². The maximum absolute atomic E-state index is 5.60. The topological polar surface area (TPSA) is 66.0 Å². The molecule has 86 valence electrons. The van der Waals surface area contributed by atoms with E-state index in [0.29, 0.717) is 13.0 Å². The molecule has 0 bridgehead atoms. The van der Waals surface area contributed by atoms with Crippen LogP contribution in [-0.2, 0) is 18.2 Å². The van der Waals surface area contributed by atoms with Crippen LogP contribution in [0.5, 0.6) is 0 Å². The van der Waals surface area contributed by atoms with Crippen molar-refractivity contribution in [3.8, 4) is 0 Å². The van der Waals surface area contributed by atoms with Crippen LogP contribution in [0.1, 0.15) is 5.82 Å². The summed E-state index contributed by atoms with van der Waals surface area (Å²) in [6.45, 7) is 0.493. The number of nitrogens with two attached hydrogens (primary N) is 1. The lowest BCUT2D eigenvalue weighted by Crippen LogP contribution is -2.25. The van der Waals surface area contributed by atoms with Gasteiger partial charge < -0.3 is 15.0 Å². The Morgan fingerprint density at radius 2 is 2.38 bits per heavy atom. The van der Waals surface area contributed by atoms with Crippen molar-refractivity contribution in [2.75, 3.05) is 13.7 Å². The maximum Gasteiger partial charge on any atom is 0.177 e. The van der Waals surface area contributed by atoms with E-state index in [4.69, 9.17) is 10.5 Å². The van der Waals surface area contributed by atoms with Crippen LogP contribution in [0.15, 0.2) is 18.3 Å². The average molecular weight is 220 g/mol. The summed E-state index contributed by atoms with van der Waals surface area (Å²) in [5.41, 5.74) is 7.40. The highest BCUT2D eigenvalue weighted by atomic mass is 16.5. The normalized spacial score (nSPS) is 13.2. The molecule has 16 heavy (non-hydrogen) atoms. The average Bonchev–Trinajstić information content (AvgIpc) is 2.64. The molecule has 0 amide bonds. The van der Waals surface area contributed by atoms with E-state index in [1.807, 2.05) is 23.7 Å². The van der Waals surface area contributed by atoms with Crippen LogP contribution in [0.2, 0.25) is 0 Å². The lowest BCUT2D eigenvalue weighted by Gasteiger charge is -2.11. The molecule has 2 aromatic heterocycles. The van der Waals surface area contributed by atoms with Gasteiger partial charge in [0, 0.05) is 33.3 Å². The first-order valence-corrected chi connectivity index (χ1v) is 5.25. The van der Waals surface area contributed by atoms with Gasteiger partial charge in [-0.25, -0.2) is 9.97 Å². The Bertz CT molecular complexity index is 476. The lowest BCUT2D eigenvalue weighted by atomic mass is 10.2. The summed E-state index contributed by atoms with van der Waals surface area (Å²) in [6, 6.07) is 3.91. The molecular weight excluding hydrogens is 204 g/mol. The van der Waals surface area contributed by atoms with Gasteiger partial charge in [0.05, 0.1) is 11.6 Å². The fourth-order valence-electron chi connectivity index (χ4n) is 1.72. The highest BCUT2D eigenvalue weighted by molar-refractivity contribution is 5.71. The quantitative estimate of drug-likeness (QED) is 0.814. The minimum atomic E-state index is 0.00973. The largest absolute Gasteiger partial charge is 0.380 e. The monoisotopic (exact) mass is 220 g/mol. The molecule has 1 atom stereocenters. The predicted molar refractivity (Wildman–Crippen MR) is 62.1 cm³/mol. The standard InChI is InChI=1S/C11H16N4O/c1-15-9-4-3-5-13-11(9)14-10(15)6-8(7-12)16-2/h3-5,8H,6-7,12H2,1-2H3. The third-order valence-corrected chi connectivity index (χ3v) is 2.76. The second-order valence-corrected chi connectivity index (χ2v) is 3.73. The number of nitrogens with zero attached hydrogens (tertiary/aromatic N) is 3. The Labute approximate surface area is 94.2 Å². The molecule has 2 N–H and O–H groups in total.